The third-order valence-electron chi connectivity index (χ3n) is 3.07. The SMILES string of the molecule is CC(C)(C)OC(=O)NC1c2ccccc2CO[C@H]1C(F)F. The van der Waals surface area contributed by atoms with Crippen LogP contribution in [-0.2, 0) is 16.1 Å². The number of hydrogen-bond donors (Lipinski definition) is 1. The lowest BCUT2D eigenvalue weighted by Gasteiger charge is -2.34. The third kappa shape index (κ3) is 3.91. The molecule has 0 aromatic heterocycles. The van der Waals surface area contributed by atoms with Crippen molar-refractivity contribution in [2.45, 2.75) is 51.6 Å². The first kappa shape index (κ1) is 15.7. The van der Waals surface area contributed by atoms with E-state index in [0.717, 1.165) is 5.56 Å². The molecule has 1 amide bonds. The van der Waals surface area contributed by atoms with E-state index in [1.54, 1.807) is 45.0 Å². The number of carbonyl (C=O) groups excluding carboxylic acids is 1. The van der Waals surface area contributed by atoms with Crippen LogP contribution in [0.25, 0.3) is 0 Å². The summed E-state index contributed by atoms with van der Waals surface area (Å²) in [4.78, 5) is 11.9. The molecule has 1 heterocycles. The van der Waals surface area contributed by atoms with Gasteiger partial charge in [-0.25, -0.2) is 13.6 Å². The van der Waals surface area contributed by atoms with Crippen molar-refractivity contribution in [3.8, 4) is 0 Å². The number of ether oxygens (including phenoxy) is 2. The van der Waals surface area contributed by atoms with E-state index in [1.807, 2.05) is 0 Å². The Morgan fingerprint density at radius 1 is 1.38 bits per heavy atom. The first-order valence-electron chi connectivity index (χ1n) is 6.75. The molecule has 0 saturated carbocycles. The van der Waals surface area contributed by atoms with Crippen LogP contribution < -0.4 is 5.32 Å². The Labute approximate surface area is 122 Å². The van der Waals surface area contributed by atoms with Crippen LogP contribution in [0, 0.1) is 0 Å². The van der Waals surface area contributed by atoms with E-state index in [4.69, 9.17) is 9.47 Å². The van der Waals surface area contributed by atoms with Crippen molar-refractivity contribution < 1.29 is 23.0 Å². The van der Waals surface area contributed by atoms with Crippen LogP contribution in [0.15, 0.2) is 24.3 Å². The van der Waals surface area contributed by atoms with Crippen molar-refractivity contribution in [1.82, 2.24) is 5.32 Å². The van der Waals surface area contributed by atoms with Crippen molar-refractivity contribution in [2.75, 3.05) is 0 Å². The summed E-state index contributed by atoms with van der Waals surface area (Å²) in [5.74, 6) is 0. The minimum Gasteiger partial charge on any atom is -0.444 e. The molecule has 2 rings (SSSR count). The second kappa shape index (κ2) is 5.97. The van der Waals surface area contributed by atoms with Gasteiger partial charge in [-0.2, -0.15) is 0 Å². The lowest BCUT2D eigenvalue weighted by atomic mass is 9.94. The molecular weight excluding hydrogens is 280 g/mol. The Morgan fingerprint density at radius 2 is 2.05 bits per heavy atom. The molecule has 1 unspecified atom stereocenters. The average molecular weight is 299 g/mol. The fourth-order valence-electron chi connectivity index (χ4n) is 2.24. The molecule has 1 N–H and O–H groups in total. The van der Waals surface area contributed by atoms with Gasteiger partial charge >= 0.3 is 6.09 Å². The highest BCUT2D eigenvalue weighted by molar-refractivity contribution is 5.68. The number of amides is 1. The first-order valence-corrected chi connectivity index (χ1v) is 6.75. The predicted molar refractivity (Wildman–Crippen MR) is 73.1 cm³/mol. The maximum Gasteiger partial charge on any atom is 0.408 e. The fraction of sp³-hybridized carbons (Fsp3) is 0.533. The summed E-state index contributed by atoms with van der Waals surface area (Å²) in [6, 6.07) is 6.13. The fourth-order valence-corrected chi connectivity index (χ4v) is 2.24. The van der Waals surface area contributed by atoms with Crippen LogP contribution >= 0.6 is 0 Å². The average Bonchev–Trinajstić information content (AvgIpc) is 2.36. The number of carbonyl (C=O) groups is 1. The molecule has 116 valence electrons. The van der Waals surface area contributed by atoms with Gasteiger partial charge in [0, 0.05) is 0 Å². The number of fused-ring (bicyclic) bond motifs is 1. The molecule has 0 radical (unpaired) electrons. The van der Waals surface area contributed by atoms with Gasteiger partial charge < -0.3 is 14.8 Å². The second-order valence-corrected chi connectivity index (χ2v) is 5.93. The van der Waals surface area contributed by atoms with Gasteiger partial charge in [-0.15, -0.1) is 0 Å². The van der Waals surface area contributed by atoms with Crippen molar-refractivity contribution >= 4 is 6.09 Å². The first-order chi connectivity index (χ1) is 9.78. The molecule has 1 aromatic rings. The molecule has 4 nitrogen and oxygen atoms in total. The Balaban J connectivity index is 2.22. The van der Waals surface area contributed by atoms with Crippen molar-refractivity contribution in [3.05, 3.63) is 35.4 Å². The van der Waals surface area contributed by atoms with Gasteiger partial charge in [0.15, 0.2) is 0 Å². The van der Waals surface area contributed by atoms with Crippen LogP contribution in [0.5, 0.6) is 0 Å². The molecule has 2 atom stereocenters. The standard InChI is InChI=1S/C15H19F2NO3/c1-15(2,3)21-14(19)18-11-10-7-5-4-6-9(10)8-20-12(11)13(16)17/h4-7,11-13H,8H2,1-3H3,(H,18,19)/t11?,12-/m1/s1. The maximum absolute atomic E-state index is 13.1. The quantitative estimate of drug-likeness (QED) is 0.910. The predicted octanol–water partition coefficient (Wildman–Crippen LogP) is 3.42. The Hall–Kier alpha value is -1.69. The number of benzene rings is 1. The summed E-state index contributed by atoms with van der Waals surface area (Å²) in [6.07, 6.45) is -4.82. The van der Waals surface area contributed by atoms with Gasteiger partial charge in [-0.3, -0.25) is 0 Å². The van der Waals surface area contributed by atoms with Crippen LogP contribution in [0.3, 0.4) is 0 Å². The van der Waals surface area contributed by atoms with Crippen molar-refractivity contribution in [3.63, 3.8) is 0 Å². The van der Waals surface area contributed by atoms with E-state index in [9.17, 15) is 13.6 Å². The van der Waals surface area contributed by atoms with Gasteiger partial charge in [0.1, 0.15) is 11.7 Å². The van der Waals surface area contributed by atoms with E-state index in [1.165, 1.54) is 0 Å². The summed E-state index contributed by atoms with van der Waals surface area (Å²) >= 11 is 0. The van der Waals surface area contributed by atoms with Crippen LogP contribution in [0.2, 0.25) is 0 Å². The van der Waals surface area contributed by atoms with E-state index in [0.29, 0.717) is 5.56 Å². The van der Waals surface area contributed by atoms with Gasteiger partial charge in [0.2, 0.25) is 0 Å². The minimum absolute atomic E-state index is 0.109. The molecular formula is C15H19F2NO3. The van der Waals surface area contributed by atoms with E-state index in [-0.39, 0.29) is 6.61 Å². The molecule has 0 aliphatic carbocycles. The summed E-state index contributed by atoms with van der Waals surface area (Å²) in [5.41, 5.74) is 0.731. The zero-order valence-corrected chi connectivity index (χ0v) is 12.2. The molecule has 1 aliphatic heterocycles. The highest BCUT2D eigenvalue weighted by Gasteiger charge is 2.38. The monoisotopic (exact) mass is 299 g/mol. The maximum atomic E-state index is 13.1. The number of rotatable bonds is 2. The summed E-state index contributed by atoms with van der Waals surface area (Å²) in [6.45, 7) is 5.24. The number of halogens is 2. The van der Waals surface area contributed by atoms with E-state index in [2.05, 4.69) is 5.32 Å². The molecule has 0 fully saturated rings. The highest BCUT2D eigenvalue weighted by Crippen LogP contribution is 2.32. The van der Waals surface area contributed by atoms with Gasteiger partial charge in [-0.1, -0.05) is 24.3 Å². The lowest BCUT2D eigenvalue weighted by molar-refractivity contribution is -0.0915. The van der Waals surface area contributed by atoms with Crippen LogP contribution in [0.1, 0.15) is 37.9 Å². The Bertz CT molecular complexity index is 514. The number of hydrogen-bond acceptors (Lipinski definition) is 3. The van der Waals surface area contributed by atoms with E-state index < -0.39 is 30.3 Å². The Kier molecular flexibility index (Phi) is 4.46. The second-order valence-electron chi connectivity index (χ2n) is 5.93. The van der Waals surface area contributed by atoms with Gasteiger partial charge in [0.05, 0.1) is 12.6 Å². The number of nitrogens with one attached hydrogen (secondary N) is 1. The summed E-state index contributed by atoms with van der Waals surface area (Å²) in [7, 11) is 0. The minimum atomic E-state index is -2.70. The van der Waals surface area contributed by atoms with Crippen LogP contribution in [-0.4, -0.2) is 24.2 Å². The highest BCUT2D eigenvalue weighted by atomic mass is 19.3. The zero-order valence-electron chi connectivity index (χ0n) is 12.2. The lowest BCUT2D eigenvalue weighted by Crippen LogP contribution is -2.45. The molecule has 0 spiro atoms. The zero-order chi connectivity index (χ0) is 15.6. The Morgan fingerprint density at radius 3 is 2.67 bits per heavy atom. The normalized spacial score (nSPS) is 21.8. The van der Waals surface area contributed by atoms with E-state index >= 15 is 0 Å². The summed E-state index contributed by atoms with van der Waals surface area (Å²) in [5, 5.41) is 2.50. The van der Waals surface area contributed by atoms with Gasteiger partial charge in [0.25, 0.3) is 6.43 Å². The largest absolute Gasteiger partial charge is 0.444 e. The molecule has 0 bridgehead atoms. The molecule has 6 heteroatoms. The van der Waals surface area contributed by atoms with Crippen molar-refractivity contribution in [2.24, 2.45) is 0 Å². The van der Waals surface area contributed by atoms with Gasteiger partial charge in [-0.05, 0) is 31.9 Å². The topological polar surface area (TPSA) is 47.6 Å². The molecule has 1 aromatic carbocycles. The molecule has 21 heavy (non-hydrogen) atoms. The van der Waals surface area contributed by atoms with Crippen LogP contribution in [0.4, 0.5) is 13.6 Å². The number of alkyl carbamates (subject to hydrolysis) is 1. The van der Waals surface area contributed by atoms with Crippen molar-refractivity contribution in [1.29, 1.82) is 0 Å². The summed E-state index contributed by atoms with van der Waals surface area (Å²) < 4.78 is 36.6. The smallest absolute Gasteiger partial charge is 0.408 e. The molecule has 1 aliphatic rings. The third-order valence-corrected chi connectivity index (χ3v) is 3.07. The molecule has 0 saturated heterocycles. The number of alkyl halides is 2.